The molecular weight excluding hydrogens is 422 g/mol. The highest BCUT2D eigenvalue weighted by Crippen LogP contribution is 2.23. The van der Waals surface area contributed by atoms with Gasteiger partial charge in [-0.05, 0) is 69.5 Å². The minimum absolute atomic E-state index is 0.497. The first-order valence-electron chi connectivity index (χ1n) is 9.48. The highest BCUT2D eigenvalue weighted by atomic mass is 35.5. The Morgan fingerprint density at radius 1 is 1.17 bits per heavy atom. The van der Waals surface area contributed by atoms with E-state index in [-0.39, 0.29) is 0 Å². The van der Waals surface area contributed by atoms with Crippen molar-refractivity contribution in [2.45, 2.75) is 33.6 Å². The van der Waals surface area contributed by atoms with E-state index in [0.29, 0.717) is 29.6 Å². The van der Waals surface area contributed by atoms with Gasteiger partial charge >= 0.3 is 0 Å². The lowest BCUT2D eigenvalue weighted by molar-refractivity contribution is 0.242. The second-order valence-electron chi connectivity index (χ2n) is 7.24. The molecule has 0 amide bonds. The third-order valence-electron chi connectivity index (χ3n) is 4.90. The van der Waals surface area contributed by atoms with E-state index < -0.39 is 0 Å². The van der Waals surface area contributed by atoms with E-state index in [1.165, 1.54) is 0 Å². The normalized spacial score (nSPS) is 11.5. The molecule has 0 aliphatic carbocycles. The van der Waals surface area contributed by atoms with Gasteiger partial charge in [-0.25, -0.2) is 4.68 Å². The van der Waals surface area contributed by atoms with Crippen molar-refractivity contribution < 1.29 is 8.94 Å². The molecule has 0 radical (unpaired) electrons. The topological polar surface area (TPSA) is 65.2 Å². The smallest absolute Gasteiger partial charge is 0.199 e. The molecule has 4 rings (SSSR count). The summed E-state index contributed by atoms with van der Waals surface area (Å²) in [5.74, 6) is 2.40. The molecule has 1 aromatic carbocycles. The van der Waals surface area contributed by atoms with Crippen molar-refractivity contribution in [1.29, 1.82) is 0 Å². The summed E-state index contributed by atoms with van der Waals surface area (Å²) in [7, 11) is 2.02. The third kappa shape index (κ3) is 4.26. The van der Waals surface area contributed by atoms with E-state index >= 15 is 0 Å². The standard InChI is InChI=1S/C21H22ClN5O2S/c1-14-19(15(2)29-24-14)12-25(3)13-27-21(30)26(11-18-5-4-10-28-18)20(23-27)16-6-8-17(22)9-7-16/h4-10H,11-13H2,1-3H3. The Balaban J connectivity index is 1.66. The number of hydrogen-bond acceptors (Lipinski definition) is 6. The maximum Gasteiger partial charge on any atom is 0.199 e. The highest BCUT2D eigenvalue weighted by molar-refractivity contribution is 7.71. The Morgan fingerprint density at radius 3 is 2.57 bits per heavy atom. The van der Waals surface area contributed by atoms with E-state index in [0.717, 1.165) is 34.2 Å². The predicted molar refractivity (Wildman–Crippen MR) is 117 cm³/mol. The van der Waals surface area contributed by atoms with Gasteiger partial charge in [0, 0.05) is 22.7 Å². The van der Waals surface area contributed by atoms with E-state index in [2.05, 4.69) is 10.1 Å². The Kier molecular flexibility index (Phi) is 5.90. The van der Waals surface area contributed by atoms with Gasteiger partial charge < -0.3 is 8.94 Å². The Labute approximate surface area is 184 Å². The third-order valence-corrected chi connectivity index (χ3v) is 5.59. The molecular formula is C21H22ClN5O2S. The molecule has 156 valence electrons. The molecule has 0 unspecified atom stereocenters. The van der Waals surface area contributed by atoms with Crippen LogP contribution in [0.2, 0.25) is 5.02 Å². The van der Waals surface area contributed by atoms with Gasteiger partial charge in [0.15, 0.2) is 10.6 Å². The second-order valence-corrected chi connectivity index (χ2v) is 8.04. The van der Waals surface area contributed by atoms with Crippen molar-refractivity contribution in [2.24, 2.45) is 0 Å². The van der Waals surface area contributed by atoms with E-state index in [1.807, 2.05) is 66.5 Å². The summed E-state index contributed by atoms with van der Waals surface area (Å²) in [5.41, 5.74) is 2.91. The van der Waals surface area contributed by atoms with Crippen molar-refractivity contribution in [3.8, 4) is 11.4 Å². The van der Waals surface area contributed by atoms with Crippen LogP contribution < -0.4 is 0 Å². The van der Waals surface area contributed by atoms with Gasteiger partial charge in [0.2, 0.25) is 0 Å². The second kappa shape index (κ2) is 8.59. The Hall–Kier alpha value is -2.68. The number of furan rings is 1. The fourth-order valence-electron chi connectivity index (χ4n) is 3.32. The van der Waals surface area contributed by atoms with Crippen molar-refractivity contribution >= 4 is 23.8 Å². The molecule has 30 heavy (non-hydrogen) atoms. The molecule has 4 aromatic rings. The minimum atomic E-state index is 0.497. The predicted octanol–water partition coefficient (Wildman–Crippen LogP) is 5.07. The van der Waals surface area contributed by atoms with Crippen LogP contribution in [-0.2, 0) is 19.8 Å². The molecule has 0 atom stereocenters. The van der Waals surface area contributed by atoms with Crippen LogP contribution in [0.4, 0.5) is 0 Å². The zero-order valence-electron chi connectivity index (χ0n) is 17.0. The number of halogens is 1. The van der Waals surface area contributed by atoms with Crippen LogP contribution in [0.5, 0.6) is 0 Å². The summed E-state index contributed by atoms with van der Waals surface area (Å²) < 4.78 is 15.2. The molecule has 3 heterocycles. The van der Waals surface area contributed by atoms with E-state index in [1.54, 1.807) is 6.26 Å². The van der Waals surface area contributed by atoms with Crippen LogP contribution in [0.15, 0.2) is 51.6 Å². The number of rotatable bonds is 7. The molecule has 0 N–H and O–H groups in total. The average Bonchev–Trinajstić information content (AvgIpc) is 3.42. The van der Waals surface area contributed by atoms with Crippen molar-refractivity contribution in [2.75, 3.05) is 7.05 Å². The summed E-state index contributed by atoms with van der Waals surface area (Å²) in [4.78, 5) is 2.12. The molecule has 9 heteroatoms. The summed E-state index contributed by atoms with van der Waals surface area (Å²) in [6.45, 7) is 5.57. The molecule has 3 aromatic heterocycles. The molecule has 0 bridgehead atoms. The summed E-state index contributed by atoms with van der Waals surface area (Å²) in [6, 6.07) is 11.4. The van der Waals surface area contributed by atoms with Crippen LogP contribution >= 0.6 is 23.8 Å². The highest BCUT2D eigenvalue weighted by Gasteiger charge is 2.17. The van der Waals surface area contributed by atoms with Crippen molar-refractivity contribution in [3.63, 3.8) is 0 Å². The SMILES string of the molecule is Cc1noc(C)c1CN(C)Cn1nc(-c2ccc(Cl)cc2)n(Cc2ccco2)c1=S. The van der Waals surface area contributed by atoms with Crippen LogP contribution in [0.25, 0.3) is 11.4 Å². The summed E-state index contributed by atoms with van der Waals surface area (Å²) in [5, 5.41) is 9.52. The molecule has 0 saturated heterocycles. The minimum Gasteiger partial charge on any atom is -0.467 e. The molecule has 0 aliphatic rings. The van der Waals surface area contributed by atoms with Crippen molar-refractivity contribution in [3.05, 3.63) is 75.2 Å². The van der Waals surface area contributed by atoms with Gasteiger partial charge in [0.05, 0.1) is 25.2 Å². The number of nitrogens with zero attached hydrogens (tertiary/aromatic N) is 5. The number of aryl methyl sites for hydroxylation is 2. The first-order chi connectivity index (χ1) is 14.4. The monoisotopic (exact) mass is 443 g/mol. The Morgan fingerprint density at radius 2 is 1.93 bits per heavy atom. The zero-order valence-corrected chi connectivity index (χ0v) is 18.6. The van der Waals surface area contributed by atoms with Gasteiger partial charge in [-0.1, -0.05) is 16.8 Å². The van der Waals surface area contributed by atoms with Gasteiger partial charge in [-0.3, -0.25) is 9.47 Å². The lowest BCUT2D eigenvalue weighted by Gasteiger charge is -2.16. The van der Waals surface area contributed by atoms with Crippen LogP contribution in [0.3, 0.4) is 0 Å². The fourth-order valence-corrected chi connectivity index (χ4v) is 3.70. The number of benzene rings is 1. The molecule has 0 spiro atoms. The summed E-state index contributed by atoms with van der Waals surface area (Å²) in [6.07, 6.45) is 1.66. The largest absolute Gasteiger partial charge is 0.467 e. The average molecular weight is 444 g/mol. The van der Waals surface area contributed by atoms with Gasteiger partial charge in [0.25, 0.3) is 0 Å². The zero-order chi connectivity index (χ0) is 21.3. The molecule has 0 fully saturated rings. The number of hydrogen-bond donors (Lipinski definition) is 0. The maximum absolute atomic E-state index is 6.07. The summed E-state index contributed by atoms with van der Waals surface area (Å²) >= 11 is 11.8. The van der Waals surface area contributed by atoms with Gasteiger partial charge in [0.1, 0.15) is 11.5 Å². The van der Waals surface area contributed by atoms with Crippen LogP contribution in [0.1, 0.15) is 22.8 Å². The molecule has 0 saturated carbocycles. The lowest BCUT2D eigenvalue weighted by Crippen LogP contribution is -2.23. The first-order valence-corrected chi connectivity index (χ1v) is 10.3. The van der Waals surface area contributed by atoms with Crippen LogP contribution in [-0.4, -0.2) is 31.5 Å². The van der Waals surface area contributed by atoms with Gasteiger partial charge in [-0.15, -0.1) is 0 Å². The van der Waals surface area contributed by atoms with Crippen molar-refractivity contribution in [1.82, 2.24) is 24.4 Å². The lowest BCUT2D eigenvalue weighted by atomic mass is 10.2. The molecule has 0 aliphatic heterocycles. The maximum atomic E-state index is 6.07. The quantitative estimate of drug-likeness (QED) is 0.371. The Bertz CT molecular complexity index is 1170. The van der Waals surface area contributed by atoms with E-state index in [4.69, 9.17) is 37.9 Å². The van der Waals surface area contributed by atoms with E-state index in [9.17, 15) is 0 Å². The van der Waals surface area contributed by atoms with Gasteiger partial charge in [-0.2, -0.15) is 5.10 Å². The molecule has 7 nitrogen and oxygen atoms in total. The fraction of sp³-hybridized carbons (Fsp3) is 0.286. The van der Waals surface area contributed by atoms with Crippen LogP contribution in [0, 0.1) is 18.6 Å². The first kappa shape index (κ1) is 20.6. The number of aromatic nitrogens is 4.